The molecule has 0 aromatic carbocycles. The standard InChI is InChI=1S/C15H28O2/c1-8-11(2)9-12(3)10-13(4)14(16)17-15(5,6)7/h10-12H,8-9H2,1-7H3/b13-10+/t11-,12+/m0/s1. The average Bonchev–Trinajstić information content (AvgIpc) is 2.14. The number of rotatable bonds is 5. The van der Waals surface area contributed by atoms with Crippen molar-refractivity contribution in [3.63, 3.8) is 0 Å². The van der Waals surface area contributed by atoms with E-state index < -0.39 is 5.60 Å². The van der Waals surface area contributed by atoms with Crippen LogP contribution in [0.1, 0.15) is 61.3 Å². The highest BCUT2D eigenvalue weighted by Gasteiger charge is 2.18. The highest BCUT2D eigenvalue weighted by atomic mass is 16.6. The molecule has 0 aromatic rings. The van der Waals surface area contributed by atoms with E-state index in [0.717, 1.165) is 12.0 Å². The molecule has 0 aliphatic carbocycles. The average molecular weight is 240 g/mol. The number of esters is 1. The molecule has 0 aromatic heterocycles. The van der Waals surface area contributed by atoms with Crippen LogP contribution >= 0.6 is 0 Å². The van der Waals surface area contributed by atoms with Gasteiger partial charge in [0.05, 0.1) is 0 Å². The fourth-order valence-electron chi connectivity index (χ4n) is 1.72. The molecule has 0 aliphatic heterocycles. The topological polar surface area (TPSA) is 26.3 Å². The molecule has 17 heavy (non-hydrogen) atoms. The van der Waals surface area contributed by atoms with E-state index in [1.165, 1.54) is 6.42 Å². The van der Waals surface area contributed by atoms with Crippen LogP contribution in [0.25, 0.3) is 0 Å². The number of allylic oxidation sites excluding steroid dienone is 1. The summed E-state index contributed by atoms with van der Waals surface area (Å²) in [5, 5.41) is 0. The van der Waals surface area contributed by atoms with Gasteiger partial charge in [0.1, 0.15) is 5.60 Å². The number of ether oxygens (including phenoxy) is 1. The minimum Gasteiger partial charge on any atom is -0.457 e. The van der Waals surface area contributed by atoms with Gasteiger partial charge in [-0.2, -0.15) is 0 Å². The molecular weight excluding hydrogens is 212 g/mol. The third kappa shape index (κ3) is 8.00. The SMILES string of the molecule is CC[C@H](C)C[C@@H](C)/C=C(\C)C(=O)OC(C)(C)C. The second-order valence-corrected chi connectivity index (χ2v) is 6.08. The fourth-order valence-corrected chi connectivity index (χ4v) is 1.72. The maximum absolute atomic E-state index is 11.8. The molecule has 0 fully saturated rings. The largest absolute Gasteiger partial charge is 0.457 e. The summed E-state index contributed by atoms with van der Waals surface area (Å²) in [5.41, 5.74) is 0.308. The smallest absolute Gasteiger partial charge is 0.333 e. The van der Waals surface area contributed by atoms with Gasteiger partial charge in [-0.3, -0.25) is 0 Å². The highest BCUT2D eigenvalue weighted by molar-refractivity contribution is 5.88. The summed E-state index contributed by atoms with van der Waals surface area (Å²) in [6.07, 6.45) is 4.33. The van der Waals surface area contributed by atoms with E-state index in [1.807, 2.05) is 33.8 Å². The predicted octanol–water partition coefficient (Wildman–Crippen LogP) is 4.35. The molecule has 2 atom stereocenters. The van der Waals surface area contributed by atoms with Crippen LogP contribution in [0.5, 0.6) is 0 Å². The summed E-state index contributed by atoms with van der Waals surface area (Å²) in [4.78, 5) is 11.8. The van der Waals surface area contributed by atoms with E-state index in [-0.39, 0.29) is 5.97 Å². The molecule has 0 unspecified atom stereocenters. The van der Waals surface area contributed by atoms with E-state index in [2.05, 4.69) is 20.8 Å². The van der Waals surface area contributed by atoms with Gasteiger partial charge in [0.25, 0.3) is 0 Å². The summed E-state index contributed by atoms with van der Waals surface area (Å²) in [5.74, 6) is 0.929. The molecule has 0 saturated carbocycles. The lowest BCUT2D eigenvalue weighted by Crippen LogP contribution is -2.24. The van der Waals surface area contributed by atoms with Crippen molar-refractivity contribution in [2.75, 3.05) is 0 Å². The Morgan fingerprint density at radius 3 is 2.24 bits per heavy atom. The van der Waals surface area contributed by atoms with E-state index >= 15 is 0 Å². The molecule has 0 amide bonds. The second-order valence-electron chi connectivity index (χ2n) is 6.08. The Labute approximate surface area is 106 Å². The molecular formula is C15H28O2. The van der Waals surface area contributed by atoms with Crippen molar-refractivity contribution in [1.82, 2.24) is 0 Å². The Morgan fingerprint density at radius 2 is 1.82 bits per heavy atom. The maximum atomic E-state index is 11.8. The first-order valence-corrected chi connectivity index (χ1v) is 6.57. The Morgan fingerprint density at radius 1 is 1.29 bits per heavy atom. The highest BCUT2D eigenvalue weighted by Crippen LogP contribution is 2.18. The van der Waals surface area contributed by atoms with Crippen LogP contribution < -0.4 is 0 Å². The molecule has 0 saturated heterocycles. The summed E-state index contributed by atoms with van der Waals surface area (Å²) >= 11 is 0. The molecule has 2 heteroatoms. The van der Waals surface area contributed by atoms with Gasteiger partial charge >= 0.3 is 5.97 Å². The van der Waals surface area contributed by atoms with E-state index in [4.69, 9.17) is 4.74 Å². The van der Waals surface area contributed by atoms with Gasteiger partial charge in [-0.15, -0.1) is 0 Å². The third-order valence-electron chi connectivity index (χ3n) is 2.73. The lowest BCUT2D eigenvalue weighted by atomic mass is 9.94. The Bertz CT molecular complexity index is 271. The summed E-state index contributed by atoms with van der Waals surface area (Å²) in [7, 11) is 0. The first kappa shape index (κ1) is 16.2. The van der Waals surface area contributed by atoms with Crippen LogP contribution in [-0.2, 0) is 9.53 Å². The van der Waals surface area contributed by atoms with Crippen molar-refractivity contribution in [2.24, 2.45) is 11.8 Å². The summed E-state index contributed by atoms with van der Waals surface area (Å²) in [6, 6.07) is 0. The monoisotopic (exact) mass is 240 g/mol. The Hall–Kier alpha value is -0.790. The minimum atomic E-state index is -0.411. The molecule has 2 nitrogen and oxygen atoms in total. The number of hydrogen-bond acceptors (Lipinski definition) is 2. The predicted molar refractivity (Wildman–Crippen MR) is 72.8 cm³/mol. The zero-order chi connectivity index (χ0) is 13.6. The molecule has 0 rings (SSSR count). The van der Waals surface area contributed by atoms with Crippen LogP contribution in [0.4, 0.5) is 0 Å². The fraction of sp³-hybridized carbons (Fsp3) is 0.800. The van der Waals surface area contributed by atoms with Gasteiger partial charge in [0.15, 0.2) is 0 Å². The van der Waals surface area contributed by atoms with Crippen molar-refractivity contribution in [2.45, 2.75) is 66.9 Å². The van der Waals surface area contributed by atoms with Crippen LogP contribution in [0.3, 0.4) is 0 Å². The lowest BCUT2D eigenvalue weighted by Gasteiger charge is -2.20. The van der Waals surface area contributed by atoms with Gasteiger partial charge in [0, 0.05) is 5.57 Å². The van der Waals surface area contributed by atoms with E-state index in [1.54, 1.807) is 0 Å². The molecule has 0 aliphatic rings. The van der Waals surface area contributed by atoms with Crippen molar-refractivity contribution in [3.8, 4) is 0 Å². The van der Waals surface area contributed by atoms with Crippen LogP contribution in [0.15, 0.2) is 11.6 Å². The van der Waals surface area contributed by atoms with Crippen molar-refractivity contribution >= 4 is 5.97 Å². The molecule has 0 radical (unpaired) electrons. The third-order valence-corrected chi connectivity index (χ3v) is 2.73. The number of hydrogen-bond donors (Lipinski definition) is 0. The minimum absolute atomic E-state index is 0.200. The van der Waals surface area contributed by atoms with Crippen molar-refractivity contribution < 1.29 is 9.53 Å². The van der Waals surface area contributed by atoms with E-state index in [0.29, 0.717) is 11.8 Å². The van der Waals surface area contributed by atoms with Crippen LogP contribution in [0.2, 0.25) is 0 Å². The van der Waals surface area contributed by atoms with Gasteiger partial charge in [-0.05, 0) is 46.0 Å². The van der Waals surface area contributed by atoms with Gasteiger partial charge in [-0.1, -0.05) is 33.3 Å². The zero-order valence-electron chi connectivity index (χ0n) is 12.5. The second kappa shape index (κ2) is 6.83. The molecule has 0 spiro atoms. The lowest BCUT2D eigenvalue weighted by molar-refractivity contribution is -0.149. The Balaban J connectivity index is 4.38. The molecule has 0 bridgehead atoms. The van der Waals surface area contributed by atoms with Crippen LogP contribution in [-0.4, -0.2) is 11.6 Å². The quantitative estimate of drug-likeness (QED) is 0.527. The number of carbonyl (C=O) groups is 1. The number of carbonyl (C=O) groups excluding carboxylic acids is 1. The van der Waals surface area contributed by atoms with E-state index in [9.17, 15) is 4.79 Å². The Kier molecular flexibility index (Phi) is 6.51. The summed E-state index contributed by atoms with van der Waals surface area (Å²) < 4.78 is 5.32. The molecule has 0 heterocycles. The zero-order valence-corrected chi connectivity index (χ0v) is 12.5. The van der Waals surface area contributed by atoms with Gasteiger partial charge < -0.3 is 4.74 Å². The maximum Gasteiger partial charge on any atom is 0.333 e. The molecule has 100 valence electrons. The van der Waals surface area contributed by atoms with Crippen molar-refractivity contribution in [3.05, 3.63) is 11.6 Å². The summed E-state index contributed by atoms with van der Waals surface area (Å²) in [6.45, 7) is 14.1. The normalized spacial score (nSPS) is 16.5. The first-order valence-electron chi connectivity index (χ1n) is 6.57. The molecule has 0 N–H and O–H groups in total. The van der Waals surface area contributed by atoms with Gasteiger partial charge in [-0.25, -0.2) is 4.79 Å². The van der Waals surface area contributed by atoms with Crippen LogP contribution in [0, 0.1) is 11.8 Å². The van der Waals surface area contributed by atoms with Crippen molar-refractivity contribution in [1.29, 1.82) is 0 Å². The van der Waals surface area contributed by atoms with Gasteiger partial charge in [0.2, 0.25) is 0 Å². The first-order chi connectivity index (χ1) is 7.65.